The minimum absolute atomic E-state index is 0.0210. The Kier molecular flexibility index (Phi) is 6.79. The minimum atomic E-state index is -0.0210. The number of aromatic nitrogens is 1. The van der Waals surface area contributed by atoms with Crippen LogP contribution in [-0.2, 0) is 4.79 Å². The number of likely N-dealkylation sites (tertiary alicyclic amines) is 1. The number of rotatable bonds is 6. The van der Waals surface area contributed by atoms with Crippen LogP contribution in [0.25, 0.3) is 0 Å². The van der Waals surface area contributed by atoms with Gasteiger partial charge in [0.25, 0.3) is 5.91 Å². The molecule has 2 amide bonds. The third kappa shape index (κ3) is 4.81. The van der Waals surface area contributed by atoms with Gasteiger partial charge in [0, 0.05) is 37.8 Å². The van der Waals surface area contributed by atoms with Gasteiger partial charge in [-0.15, -0.1) is 6.58 Å². The summed E-state index contributed by atoms with van der Waals surface area (Å²) < 4.78 is 0. The summed E-state index contributed by atoms with van der Waals surface area (Å²) in [5, 5.41) is 3.15. The molecule has 0 bridgehead atoms. The summed E-state index contributed by atoms with van der Waals surface area (Å²) in [6.45, 7) is 7.54. The number of halogens is 1. The van der Waals surface area contributed by atoms with Crippen LogP contribution in [0.3, 0.4) is 0 Å². The first-order valence-corrected chi connectivity index (χ1v) is 8.71. The predicted molar refractivity (Wildman–Crippen MR) is 94.9 cm³/mol. The topological polar surface area (TPSA) is 62.3 Å². The summed E-state index contributed by atoms with van der Waals surface area (Å²) in [6, 6.07) is 3.28. The van der Waals surface area contributed by atoms with Gasteiger partial charge in [-0.05, 0) is 30.4 Å². The second-order valence-corrected chi connectivity index (χ2v) is 6.52. The van der Waals surface area contributed by atoms with E-state index in [0.717, 1.165) is 12.8 Å². The van der Waals surface area contributed by atoms with E-state index in [1.54, 1.807) is 24.4 Å². The monoisotopic (exact) mass is 349 g/mol. The first-order chi connectivity index (χ1) is 11.5. The van der Waals surface area contributed by atoms with Gasteiger partial charge in [-0.1, -0.05) is 31.0 Å². The van der Waals surface area contributed by atoms with E-state index in [1.165, 1.54) is 0 Å². The van der Waals surface area contributed by atoms with Crippen LogP contribution in [0.5, 0.6) is 0 Å². The maximum absolute atomic E-state index is 12.6. The molecule has 24 heavy (non-hydrogen) atoms. The highest BCUT2D eigenvalue weighted by Crippen LogP contribution is 2.29. The quantitative estimate of drug-likeness (QED) is 0.634. The highest BCUT2D eigenvalue weighted by atomic mass is 35.5. The number of carbonyl (C=O) groups excluding carboxylic acids is 2. The first-order valence-electron chi connectivity index (χ1n) is 8.33. The molecule has 1 aromatic rings. The van der Waals surface area contributed by atoms with E-state index in [9.17, 15) is 9.59 Å². The summed E-state index contributed by atoms with van der Waals surface area (Å²) in [6.07, 6.45) is 5.51. The molecule has 0 radical (unpaired) electrons. The Morgan fingerprint density at radius 1 is 1.50 bits per heavy atom. The Labute approximate surface area is 148 Å². The smallest absolute Gasteiger partial charge is 0.254 e. The van der Waals surface area contributed by atoms with Crippen molar-refractivity contribution in [2.75, 3.05) is 19.6 Å². The standard InChI is InChI=1S/C18H24ClN3O2/c1-3-7-21-17(23)11-14-6-9-22(12-13(14)4-2)18(24)15-5-8-20-16(19)10-15/h3,5,8,10,13-14H,1,4,6-7,9,11-12H2,2H3,(H,21,23). The molecule has 1 aliphatic rings. The maximum atomic E-state index is 12.6. The molecule has 1 N–H and O–H groups in total. The van der Waals surface area contributed by atoms with E-state index in [0.29, 0.717) is 48.6 Å². The summed E-state index contributed by atoms with van der Waals surface area (Å²) in [7, 11) is 0. The van der Waals surface area contributed by atoms with Gasteiger partial charge < -0.3 is 10.2 Å². The second-order valence-electron chi connectivity index (χ2n) is 6.13. The lowest BCUT2D eigenvalue weighted by Crippen LogP contribution is -2.44. The number of carbonyl (C=O) groups is 2. The summed E-state index contributed by atoms with van der Waals surface area (Å²) in [5.41, 5.74) is 0.562. The molecule has 0 aliphatic carbocycles. The average Bonchev–Trinajstić information content (AvgIpc) is 2.59. The van der Waals surface area contributed by atoms with Crippen molar-refractivity contribution < 1.29 is 9.59 Å². The average molecular weight is 350 g/mol. The number of nitrogens with zero attached hydrogens (tertiary/aromatic N) is 2. The number of hydrogen-bond acceptors (Lipinski definition) is 3. The highest BCUT2D eigenvalue weighted by molar-refractivity contribution is 6.29. The van der Waals surface area contributed by atoms with Crippen LogP contribution in [0.15, 0.2) is 31.0 Å². The number of amides is 2. The van der Waals surface area contributed by atoms with E-state index in [1.807, 2.05) is 4.90 Å². The van der Waals surface area contributed by atoms with E-state index in [4.69, 9.17) is 11.6 Å². The van der Waals surface area contributed by atoms with Crippen molar-refractivity contribution in [2.24, 2.45) is 11.8 Å². The van der Waals surface area contributed by atoms with Crippen molar-refractivity contribution in [1.29, 1.82) is 0 Å². The van der Waals surface area contributed by atoms with Crippen molar-refractivity contribution in [3.05, 3.63) is 41.7 Å². The van der Waals surface area contributed by atoms with Crippen LogP contribution in [0.2, 0.25) is 5.15 Å². The van der Waals surface area contributed by atoms with Gasteiger partial charge in [0.2, 0.25) is 5.91 Å². The molecule has 1 aliphatic heterocycles. The SMILES string of the molecule is C=CCNC(=O)CC1CCN(C(=O)c2ccnc(Cl)c2)CC1CC. The Bertz CT molecular complexity index is 606. The molecule has 2 heterocycles. The molecule has 1 aromatic heterocycles. The Hall–Kier alpha value is -1.88. The molecule has 2 atom stereocenters. The van der Waals surface area contributed by atoms with Crippen molar-refractivity contribution in [1.82, 2.24) is 15.2 Å². The molecule has 5 nitrogen and oxygen atoms in total. The lowest BCUT2D eigenvalue weighted by molar-refractivity contribution is -0.122. The Morgan fingerprint density at radius 2 is 2.29 bits per heavy atom. The van der Waals surface area contributed by atoms with Gasteiger partial charge >= 0.3 is 0 Å². The van der Waals surface area contributed by atoms with Crippen molar-refractivity contribution >= 4 is 23.4 Å². The van der Waals surface area contributed by atoms with Gasteiger partial charge in [-0.25, -0.2) is 4.98 Å². The zero-order valence-electron chi connectivity index (χ0n) is 14.0. The van der Waals surface area contributed by atoms with E-state index in [2.05, 4.69) is 23.8 Å². The van der Waals surface area contributed by atoms with Crippen LogP contribution in [0, 0.1) is 11.8 Å². The molecule has 0 saturated carbocycles. The van der Waals surface area contributed by atoms with Crippen LogP contribution in [0.1, 0.15) is 36.5 Å². The largest absolute Gasteiger partial charge is 0.353 e. The fraction of sp³-hybridized carbons (Fsp3) is 0.500. The number of pyridine rings is 1. The predicted octanol–water partition coefficient (Wildman–Crippen LogP) is 2.92. The summed E-state index contributed by atoms with van der Waals surface area (Å²) in [4.78, 5) is 30.3. The van der Waals surface area contributed by atoms with Crippen LogP contribution in [-0.4, -0.2) is 41.3 Å². The zero-order valence-corrected chi connectivity index (χ0v) is 14.8. The van der Waals surface area contributed by atoms with Crippen molar-refractivity contribution in [3.8, 4) is 0 Å². The van der Waals surface area contributed by atoms with Crippen LogP contribution >= 0.6 is 11.6 Å². The van der Waals surface area contributed by atoms with Crippen LogP contribution in [0.4, 0.5) is 0 Å². The summed E-state index contributed by atoms with van der Waals surface area (Å²) >= 11 is 5.87. The minimum Gasteiger partial charge on any atom is -0.353 e. The first kappa shape index (κ1) is 18.5. The van der Waals surface area contributed by atoms with Gasteiger partial charge in [-0.3, -0.25) is 9.59 Å². The number of hydrogen-bond donors (Lipinski definition) is 1. The van der Waals surface area contributed by atoms with Gasteiger partial charge in [0.1, 0.15) is 5.15 Å². The third-order valence-corrected chi connectivity index (χ3v) is 4.77. The van der Waals surface area contributed by atoms with E-state index in [-0.39, 0.29) is 11.8 Å². The molecular formula is C18H24ClN3O2. The molecule has 130 valence electrons. The fourth-order valence-corrected chi connectivity index (χ4v) is 3.38. The number of piperidine rings is 1. The lowest BCUT2D eigenvalue weighted by atomic mass is 9.81. The molecule has 1 fully saturated rings. The molecule has 2 unspecified atom stereocenters. The van der Waals surface area contributed by atoms with Gasteiger partial charge in [0.15, 0.2) is 0 Å². The molecule has 0 aromatic carbocycles. The lowest BCUT2D eigenvalue weighted by Gasteiger charge is -2.38. The maximum Gasteiger partial charge on any atom is 0.254 e. The Morgan fingerprint density at radius 3 is 2.96 bits per heavy atom. The second kappa shape index (κ2) is 8.83. The normalized spacial score (nSPS) is 20.5. The van der Waals surface area contributed by atoms with Gasteiger partial charge in [0.05, 0.1) is 0 Å². The van der Waals surface area contributed by atoms with Crippen molar-refractivity contribution in [2.45, 2.75) is 26.2 Å². The highest BCUT2D eigenvalue weighted by Gasteiger charge is 2.32. The molecule has 6 heteroatoms. The summed E-state index contributed by atoms with van der Waals surface area (Å²) in [5.74, 6) is 0.672. The van der Waals surface area contributed by atoms with Crippen LogP contribution < -0.4 is 5.32 Å². The van der Waals surface area contributed by atoms with Gasteiger partial charge in [-0.2, -0.15) is 0 Å². The third-order valence-electron chi connectivity index (χ3n) is 4.57. The molecule has 2 rings (SSSR count). The zero-order chi connectivity index (χ0) is 17.5. The number of nitrogens with one attached hydrogen (secondary N) is 1. The molecular weight excluding hydrogens is 326 g/mol. The fourth-order valence-electron chi connectivity index (χ4n) is 3.21. The van der Waals surface area contributed by atoms with E-state index < -0.39 is 0 Å². The van der Waals surface area contributed by atoms with E-state index >= 15 is 0 Å². The molecule has 0 spiro atoms. The van der Waals surface area contributed by atoms with Crippen molar-refractivity contribution in [3.63, 3.8) is 0 Å². The Balaban J connectivity index is 1.97. The molecule has 1 saturated heterocycles.